The van der Waals surface area contributed by atoms with Crippen molar-refractivity contribution < 1.29 is 28.9 Å². The summed E-state index contributed by atoms with van der Waals surface area (Å²) in [7, 11) is 1.67. The fourth-order valence-electron chi connectivity index (χ4n) is 3.43. The molecule has 0 fully saturated rings. The van der Waals surface area contributed by atoms with Crippen molar-refractivity contribution in [3.8, 4) is 11.5 Å². The zero-order valence-electron chi connectivity index (χ0n) is 17.1. The Morgan fingerprint density at radius 3 is 2.67 bits per heavy atom. The van der Waals surface area contributed by atoms with Crippen molar-refractivity contribution in [2.45, 2.75) is 31.8 Å². The minimum atomic E-state index is -0.919. The second-order valence-corrected chi connectivity index (χ2v) is 7.08. The summed E-state index contributed by atoms with van der Waals surface area (Å²) in [5, 5.41) is 9.05. The van der Waals surface area contributed by atoms with Crippen LogP contribution in [0.2, 0.25) is 0 Å². The van der Waals surface area contributed by atoms with Crippen LogP contribution >= 0.6 is 0 Å². The number of anilines is 1. The molecule has 0 spiro atoms. The van der Waals surface area contributed by atoms with E-state index in [9.17, 15) is 9.59 Å². The van der Waals surface area contributed by atoms with Crippen LogP contribution in [-0.4, -0.2) is 50.0 Å². The second-order valence-electron chi connectivity index (χ2n) is 7.08. The van der Waals surface area contributed by atoms with Gasteiger partial charge in [-0.25, -0.2) is 0 Å². The van der Waals surface area contributed by atoms with E-state index in [2.05, 4.69) is 0 Å². The quantitative estimate of drug-likeness (QED) is 0.569. The predicted octanol–water partition coefficient (Wildman–Crippen LogP) is 3.30. The van der Waals surface area contributed by atoms with E-state index in [0.29, 0.717) is 36.6 Å². The monoisotopic (exact) mass is 413 g/mol. The average molecular weight is 413 g/mol. The van der Waals surface area contributed by atoms with Crippen LogP contribution in [-0.2, 0) is 20.7 Å². The van der Waals surface area contributed by atoms with Crippen LogP contribution in [0, 0.1) is 0 Å². The van der Waals surface area contributed by atoms with Gasteiger partial charge in [0.1, 0.15) is 11.5 Å². The minimum Gasteiger partial charge on any atom is -0.493 e. The average Bonchev–Trinajstić information content (AvgIpc) is 2.74. The highest BCUT2D eigenvalue weighted by Crippen LogP contribution is 2.34. The molecule has 3 rings (SSSR count). The van der Waals surface area contributed by atoms with Gasteiger partial charge in [-0.2, -0.15) is 0 Å². The Morgan fingerprint density at radius 1 is 1.10 bits per heavy atom. The van der Waals surface area contributed by atoms with Crippen LogP contribution in [0.1, 0.15) is 24.8 Å². The molecule has 0 bridgehead atoms. The number of benzene rings is 2. The number of carbonyl (C=O) groups excluding carboxylic acids is 1. The van der Waals surface area contributed by atoms with Crippen LogP contribution in [0.5, 0.6) is 11.5 Å². The van der Waals surface area contributed by atoms with E-state index in [1.807, 2.05) is 24.3 Å². The zero-order valence-corrected chi connectivity index (χ0v) is 17.1. The summed E-state index contributed by atoms with van der Waals surface area (Å²) in [4.78, 5) is 25.9. The van der Waals surface area contributed by atoms with Gasteiger partial charge in [0.25, 0.3) is 5.91 Å². The lowest BCUT2D eigenvalue weighted by molar-refractivity contribution is -0.136. The molecule has 0 saturated heterocycles. The van der Waals surface area contributed by atoms with Gasteiger partial charge in [0.05, 0.1) is 18.7 Å². The van der Waals surface area contributed by atoms with Gasteiger partial charge >= 0.3 is 5.97 Å². The van der Waals surface area contributed by atoms with Gasteiger partial charge < -0.3 is 24.2 Å². The number of para-hydroxylation sites is 3. The standard InChI is InChI=1S/C23H27NO6/c1-28-14-7-6-13-24-18-9-3-5-11-20(18)30-21(23(24)27)12-15-29-19-10-4-2-8-17(19)16-22(25)26/h2-5,8-11,21H,6-7,12-16H2,1H3,(H,25,26). The Morgan fingerprint density at radius 2 is 1.87 bits per heavy atom. The van der Waals surface area contributed by atoms with E-state index in [1.165, 1.54) is 0 Å². The number of carboxylic acids is 1. The number of hydrogen-bond donors (Lipinski definition) is 1. The molecule has 0 aliphatic carbocycles. The molecular formula is C23H27NO6. The number of fused-ring (bicyclic) bond motifs is 1. The molecule has 30 heavy (non-hydrogen) atoms. The van der Waals surface area contributed by atoms with Crippen LogP contribution in [0.3, 0.4) is 0 Å². The summed E-state index contributed by atoms with van der Waals surface area (Å²) in [5.74, 6) is 0.186. The number of methoxy groups -OCH3 is 1. The molecule has 7 nitrogen and oxygen atoms in total. The van der Waals surface area contributed by atoms with E-state index in [1.54, 1.807) is 36.3 Å². The lowest BCUT2D eigenvalue weighted by Crippen LogP contribution is -2.47. The fraction of sp³-hybridized carbons (Fsp3) is 0.391. The number of unbranched alkanes of at least 4 members (excludes halogenated alkanes) is 1. The summed E-state index contributed by atoms with van der Waals surface area (Å²) in [6, 6.07) is 14.5. The Kier molecular flexibility index (Phi) is 7.68. The Bertz CT molecular complexity index is 868. The van der Waals surface area contributed by atoms with Crippen molar-refractivity contribution in [2.24, 2.45) is 0 Å². The van der Waals surface area contributed by atoms with Gasteiger partial charge in [0.2, 0.25) is 0 Å². The Hall–Kier alpha value is -3.06. The van der Waals surface area contributed by atoms with Gasteiger partial charge in [-0.15, -0.1) is 0 Å². The first-order valence-corrected chi connectivity index (χ1v) is 10.1. The number of carbonyl (C=O) groups is 2. The van der Waals surface area contributed by atoms with Crippen LogP contribution in [0.15, 0.2) is 48.5 Å². The summed E-state index contributed by atoms with van der Waals surface area (Å²) in [5.41, 5.74) is 1.38. The third-order valence-corrected chi connectivity index (χ3v) is 4.90. The van der Waals surface area contributed by atoms with Crippen molar-refractivity contribution in [3.63, 3.8) is 0 Å². The van der Waals surface area contributed by atoms with E-state index in [-0.39, 0.29) is 18.9 Å². The molecule has 0 aromatic heterocycles. The number of ether oxygens (including phenoxy) is 3. The topological polar surface area (TPSA) is 85.3 Å². The second kappa shape index (κ2) is 10.6. The third kappa shape index (κ3) is 5.51. The van der Waals surface area contributed by atoms with Gasteiger partial charge in [-0.3, -0.25) is 9.59 Å². The fourth-order valence-corrected chi connectivity index (χ4v) is 3.43. The molecule has 1 amide bonds. The first-order valence-electron chi connectivity index (χ1n) is 10.1. The Labute approximate surface area is 176 Å². The maximum atomic E-state index is 13.0. The molecule has 1 unspecified atom stereocenters. The first-order chi connectivity index (χ1) is 14.6. The molecule has 1 aliphatic heterocycles. The maximum absolute atomic E-state index is 13.0. The number of aliphatic carboxylic acids is 1. The van der Waals surface area contributed by atoms with Gasteiger partial charge in [-0.05, 0) is 31.0 Å². The Balaban J connectivity index is 1.64. The van der Waals surface area contributed by atoms with Crippen LogP contribution < -0.4 is 14.4 Å². The van der Waals surface area contributed by atoms with Gasteiger partial charge in [-0.1, -0.05) is 30.3 Å². The molecule has 1 aliphatic rings. The highest BCUT2D eigenvalue weighted by molar-refractivity contribution is 6.00. The maximum Gasteiger partial charge on any atom is 0.307 e. The summed E-state index contributed by atoms with van der Waals surface area (Å²) >= 11 is 0. The van der Waals surface area contributed by atoms with Crippen molar-refractivity contribution in [3.05, 3.63) is 54.1 Å². The SMILES string of the molecule is COCCCCN1C(=O)C(CCOc2ccccc2CC(=O)O)Oc2ccccc21. The molecule has 160 valence electrons. The number of carboxylic acid groups (broad SMARTS) is 1. The molecule has 1 N–H and O–H groups in total. The number of nitrogens with zero attached hydrogens (tertiary/aromatic N) is 1. The first kappa shape index (κ1) is 21.6. The number of hydrogen-bond acceptors (Lipinski definition) is 5. The normalized spacial score (nSPS) is 15.4. The highest BCUT2D eigenvalue weighted by atomic mass is 16.5. The summed E-state index contributed by atoms with van der Waals surface area (Å²) < 4.78 is 16.8. The number of amides is 1. The van der Waals surface area contributed by atoms with Crippen molar-refractivity contribution in [1.82, 2.24) is 0 Å². The minimum absolute atomic E-state index is 0.0893. The van der Waals surface area contributed by atoms with Crippen molar-refractivity contribution >= 4 is 17.6 Å². The highest BCUT2D eigenvalue weighted by Gasteiger charge is 2.33. The lowest BCUT2D eigenvalue weighted by atomic mass is 10.1. The van der Waals surface area contributed by atoms with Crippen molar-refractivity contribution in [2.75, 3.05) is 31.8 Å². The van der Waals surface area contributed by atoms with E-state index in [4.69, 9.17) is 19.3 Å². The van der Waals surface area contributed by atoms with E-state index >= 15 is 0 Å². The number of rotatable bonds is 11. The predicted molar refractivity (Wildman–Crippen MR) is 112 cm³/mol. The lowest BCUT2D eigenvalue weighted by Gasteiger charge is -2.34. The summed E-state index contributed by atoms with van der Waals surface area (Å²) in [6.07, 6.45) is 1.31. The van der Waals surface area contributed by atoms with Crippen molar-refractivity contribution in [1.29, 1.82) is 0 Å². The molecule has 0 radical (unpaired) electrons. The van der Waals surface area contributed by atoms with E-state index in [0.717, 1.165) is 18.5 Å². The largest absolute Gasteiger partial charge is 0.493 e. The third-order valence-electron chi connectivity index (χ3n) is 4.90. The molecule has 1 heterocycles. The van der Waals surface area contributed by atoms with Gasteiger partial charge in [0, 0.05) is 32.2 Å². The smallest absolute Gasteiger partial charge is 0.307 e. The molecule has 2 aromatic rings. The van der Waals surface area contributed by atoms with E-state index < -0.39 is 12.1 Å². The summed E-state index contributed by atoms with van der Waals surface area (Å²) in [6.45, 7) is 1.50. The molecule has 2 aromatic carbocycles. The molecule has 7 heteroatoms. The molecule has 0 saturated carbocycles. The molecule has 1 atom stereocenters. The van der Waals surface area contributed by atoms with Crippen LogP contribution in [0.25, 0.3) is 0 Å². The zero-order chi connectivity index (χ0) is 21.3. The van der Waals surface area contributed by atoms with Crippen LogP contribution in [0.4, 0.5) is 5.69 Å². The molecular weight excluding hydrogens is 386 g/mol. The van der Waals surface area contributed by atoms with Gasteiger partial charge in [0.15, 0.2) is 6.10 Å².